The lowest BCUT2D eigenvalue weighted by molar-refractivity contribution is 0.103. The molecule has 2 heteroatoms. The van der Waals surface area contributed by atoms with E-state index in [1.807, 2.05) is 0 Å². The normalized spacial score (nSPS) is 34.9. The Balaban J connectivity index is 1.62. The summed E-state index contributed by atoms with van der Waals surface area (Å²) >= 11 is 0. The van der Waals surface area contributed by atoms with Crippen LogP contribution in [0.3, 0.4) is 0 Å². The van der Waals surface area contributed by atoms with Gasteiger partial charge >= 0.3 is 0 Å². The first-order valence-corrected chi connectivity index (χ1v) is 7.59. The lowest BCUT2D eigenvalue weighted by Crippen LogP contribution is -2.31. The molecule has 0 spiro atoms. The predicted octanol–water partition coefficient (Wildman–Crippen LogP) is 5.28. The molecule has 0 aliphatic heterocycles. The zero-order chi connectivity index (χ0) is 13.4. The summed E-state index contributed by atoms with van der Waals surface area (Å²) in [5.41, 5.74) is 0.598. The van der Waals surface area contributed by atoms with Crippen molar-refractivity contribution in [1.82, 2.24) is 0 Å². The van der Waals surface area contributed by atoms with E-state index in [1.165, 1.54) is 31.7 Å². The minimum atomic E-state index is -0.701. The van der Waals surface area contributed by atoms with Gasteiger partial charge in [-0.2, -0.15) is 0 Å². The zero-order valence-electron chi connectivity index (χ0n) is 11.5. The van der Waals surface area contributed by atoms with Crippen LogP contribution >= 0.6 is 0 Å². The Kier molecular flexibility index (Phi) is 3.60. The van der Waals surface area contributed by atoms with E-state index in [-0.39, 0.29) is 5.92 Å². The maximum Gasteiger partial charge on any atom is 0.162 e. The van der Waals surface area contributed by atoms with Crippen molar-refractivity contribution in [2.75, 3.05) is 0 Å². The van der Waals surface area contributed by atoms with E-state index < -0.39 is 11.6 Å². The van der Waals surface area contributed by atoms with Crippen molar-refractivity contribution in [1.29, 1.82) is 0 Å². The van der Waals surface area contributed by atoms with Crippen LogP contribution in [0.5, 0.6) is 0 Å². The zero-order valence-corrected chi connectivity index (χ0v) is 11.5. The molecule has 3 rings (SSSR count). The van der Waals surface area contributed by atoms with Crippen molar-refractivity contribution in [3.05, 3.63) is 35.4 Å². The first kappa shape index (κ1) is 13.1. The summed E-state index contributed by atoms with van der Waals surface area (Å²) in [4.78, 5) is 0. The number of hydrogen-bond acceptors (Lipinski definition) is 0. The van der Waals surface area contributed by atoms with Gasteiger partial charge in [0.25, 0.3) is 0 Å². The molecule has 0 unspecified atom stereocenters. The monoisotopic (exact) mass is 264 g/mol. The number of benzene rings is 1. The standard InChI is InChI=1S/C17H22F2/c1-11-9-14(10-11)12-5-7-13(8-6-12)15-3-2-4-16(18)17(15)19/h2-4,11-14H,5-10H2,1H3. The third-order valence-corrected chi connectivity index (χ3v) is 5.27. The highest BCUT2D eigenvalue weighted by Crippen LogP contribution is 2.47. The SMILES string of the molecule is CC1CC(C2CCC(c3cccc(F)c3F)CC2)C1. The molecule has 0 N–H and O–H groups in total. The molecule has 0 bridgehead atoms. The Morgan fingerprint density at radius 1 is 0.947 bits per heavy atom. The Labute approximate surface area is 114 Å². The Hall–Kier alpha value is -0.920. The van der Waals surface area contributed by atoms with Gasteiger partial charge in [0.2, 0.25) is 0 Å². The van der Waals surface area contributed by atoms with Gasteiger partial charge in [-0.15, -0.1) is 0 Å². The molecule has 2 fully saturated rings. The van der Waals surface area contributed by atoms with Crippen molar-refractivity contribution in [3.63, 3.8) is 0 Å². The maximum atomic E-state index is 13.8. The van der Waals surface area contributed by atoms with E-state index in [2.05, 4.69) is 6.92 Å². The molecular formula is C17H22F2. The van der Waals surface area contributed by atoms with Gasteiger partial charge in [0.1, 0.15) is 0 Å². The summed E-state index contributed by atoms with van der Waals surface area (Å²) in [6, 6.07) is 4.60. The molecule has 0 aromatic heterocycles. The average Bonchev–Trinajstić information content (AvgIpc) is 2.39. The van der Waals surface area contributed by atoms with Crippen molar-refractivity contribution in [2.45, 2.75) is 51.4 Å². The summed E-state index contributed by atoms with van der Waals surface area (Å²) < 4.78 is 27.1. The van der Waals surface area contributed by atoms with Gasteiger partial charge in [-0.1, -0.05) is 19.1 Å². The fraction of sp³-hybridized carbons (Fsp3) is 0.647. The van der Waals surface area contributed by atoms with E-state index in [4.69, 9.17) is 0 Å². The van der Waals surface area contributed by atoms with E-state index in [9.17, 15) is 8.78 Å². The summed E-state index contributed by atoms with van der Waals surface area (Å²) in [5.74, 6) is 1.56. The molecule has 0 amide bonds. The van der Waals surface area contributed by atoms with Crippen LogP contribution in [0.25, 0.3) is 0 Å². The van der Waals surface area contributed by atoms with Crippen molar-refractivity contribution in [3.8, 4) is 0 Å². The van der Waals surface area contributed by atoms with Crippen molar-refractivity contribution in [2.24, 2.45) is 17.8 Å². The molecule has 2 aliphatic carbocycles. The largest absolute Gasteiger partial charge is 0.204 e. The fourth-order valence-corrected chi connectivity index (χ4v) is 4.09. The van der Waals surface area contributed by atoms with Gasteiger partial charge in [-0.05, 0) is 73.8 Å². The quantitative estimate of drug-likeness (QED) is 0.681. The van der Waals surface area contributed by atoms with Crippen LogP contribution in [0.1, 0.15) is 56.9 Å². The molecule has 19 heavy (non-hydrogen) atoms. The molecule has 0 nitrogen and oxygen atoms in total. The molecule has 1 aromatic carbocycles. The molecule has 0 radical (unpaired) electrons. The smallest absolute Gasteiger partial charge is 0.162 e. The first-order chi connectivity index (χ1) is 9.15. The third kappa shape index (κ3) is 2.54. The van der Waals surface area contributed by atoms with Gasteiger partial charge in [0, 0.05) is 0 Å². The molecule has 0 heterocycles. The highest BCUT2D eigenvalue weighted by atomic mass is 19.2. The van der Waals surface area contributed by atoms with Gasteiger partial charge in [-0.3, -0.25) is 0 Å². The average molecular weight is 264 g/mol. The lowest BCUT2D eigenvalue weighted by Gasteiger charge is -2.42. The number of rotatable bonds is 2. The Morgan fingerprint density at radius 2 is 1.63 bits per heavy atom. The van der Waals surface area contributed by atoms with E-state index >= 15 is 0 Å². The van der Waals surface area contributed by atoms with Crippen LogP contribution in [0.15, 0.2) is 18.2 Å². The van der Waals surface area contributed by atoms with E-state index in [0.29, 0.717) is 5.56 Å². The van der Waals surface area contributed by atoms with Crippen LogP contribution in [0, 0.1) is 29.4 Å². The first-order valence-electron chi connectivity index (χ1n) is 7.59. The second-order valence-corrected chi connectivity index (χ2v) is 6.59. The topological polar surface area (TPSA) is 0 Å². The third-order valence-electron chi connectivity index (χ3n) is 5.27. The highest BCUT2D eigenvalue weighted by Gasteiger charge is 2.35. The second-order valence-electron chi connectivity index (χ2n) is 6.59. The predicted molar refractivity (Wildman–Crippen MR) is 72.9 cm³/mol. The van der Waals surface area contributed by atoms with Gasteiger partial charge in [0.15, 0.2) is 11.6 Å². The highest BCUT2D eigenvalue weighted by molar-refractivity contribution is 5.23. The molecule has 1 aromatic rings. The fourth-order valence-electron chi connectivity index (χ4n) is 4.09. The summed E-state index contributed by atoms with van der Waals surface area (Å²) in [6.45, 7) is 2.32. The summed E-state index contributed by atoms with van der Waals surface area (Å²) in [6.07, 6.45) is 7.19. The Bertz CT molecular complexity index is 441. The number of hydrogen-bond donors (Lipinski definition) is 0. The second kappa shape index (κ2) is 5.22. The lowest BCUT2D eigenvalue weighted by atomic mass is 9.64. The van der Waals surface area contributed by atoms with E-state index in [0.717, 1.165) is 30.6 Å². The Morgan fingerprint density at radius 3 is 2.26 bits per heavy atom. The summed E-state index contributed by atoms with van der Waals surface area (Å²) in [5, 5.41) is 0. The van der Waals surface area contributed by atoms with E-state index in [1.54, 1.807) is 12.1 Å². The van der Waals surface area contributed by atoms with Crippen molar-refractivity contribution >= 4 is 0 Å². The molecule has 0 saturated heterocycles. The van der Waals surface area contributed by atoms with Crippen LogP contribution in [-0.2, 0) is 0 Å². The molecular weight excluding hydrogens is 242 g/mol. The van der Waals surface area contributed by atoms with Crippen LogP contribution in [0.2, 0.25) is 0 Å². The molecule has 2 aliphatic rings. The van der Waals surface area contributed by atoms with Gasteiger partial charge in [-0.25, -0.2) is 8.78 Å². The maximum absolute atomic E-state index is 13.8. The molecule has 104 valence electrons. The molecule has 0 atom stereocenters. The van der Waals surface area contributed by atoms with Gasteiger partial charge < -0.3 is 0 Å². The minimum absolute atomic E-state index is 0.226. The summed E-state index contributed by atoms with van der Waals surface area (Å²) in [7, 11) is 0. The van der Waals surface area contributed by atoms with Crippen LogP contribution < -0.4 is 0 Å². The van der Waals surface area contributed by atoms with Crippen LogP contribution in [-0.4, -0.2) is 0 Å². The van der Waals surface area contributed by atoms with Crippen LogP contribution in [0.4, 0.5) is 8.78 Å². The minimum Gasteiger partial charge on any atom is -0.204 e. The molecule has 2 saturated carbocycles. The van der Waals surface area contributed by atoms with Gasteiger partial charge in [0.05, 0.1) is 0 Å². The number of halogens is 2. The van der Waals surface area contributed by atoms with Crippen molar-refractivity contribution < 1.29 is 8.78 Å².